The van der Waals surface area contributed by atoms with Gasteiger partial charge in [0.15, 0.2) is 0 Å². The fourth-order valence-corrected chi connectivity index (χ4v) is 1.28. The molecule has 0 amide bonds. The normalized spacial score (nSPS) is 13.6. The molecule has 1 nitrogen and oxygen atoms in total. The number of benzene rings is 1. The Labute approximate surface area is 94.7 Å². The molecule has 0 spiro atoms. The third-order valence-corrected chi connectivity index (χ3v) is 1.94. The molecule has 0 saturated heterocycles. The van der Waals surface area contributed by atoms with Crippen LogP contribution in [0.1, 0.15) is 12.5 Å². The summed E-state index contributed by atoms with van der Waals surface area (Å²) in [6.45, 7) is 2.82. The van der Waals surface area contributed by atoms with E-state index in [1.165, 1.54) is 11.1 Å². The Morgan fingerprint density at radius 1 is 1.25 bits per heavy atom. The van der Waals surface area contributed by atoms with E-state index < -0.39 is 0 Å². The van der Waals surface area contributed by atoms with E-state index in [0.717, 1.165) is 5.75 Å². The molecule has 0 unspecified atom stereocenters. The molecule has 1 aliphatic rings. The molecular formula is C10H11NaO. The van der Waals surface area contributed by atoms with Crippen LogP contribution in [-0.4, -0.2) is 36.2 Å². The predicted molar refractivity (Wildman–Crippen MR) is 52.7 cm³/mol. The molecule has 2 rings (SSSR count). The molecule has 0 fully saturated rings. The molecule has 1 heterocycles. The summed E-state index contributed by atoms with van der Waals surface area (Å²) in [6, 6.07) is 8.12. The van der Waals surface area contributed by atoms with Crippen LogP contribution in [-0.2, 0) is 0 Å². The molecule has 0 aromatic heterocycles. The van der Waals surface area contributed by atoms with Crippen LogP contribution in [0.15, 0.2) is 30.3 Å². The van der Waals surface area contributed by atoms with Crippen molar-refractivity contribution in [3.63, 3.8) is 0 Å². The number of rotatable bonds is 0. The maximum atomic E-state index is 5.42. The number of hydrogen-bond acceptors (Lipinski definition) is 1. The predicted octanol–water partition coefficient (Wildman–Crippen LogP) is 1.83. The molecule has 0 aliphatic carbocycles. The van der Waals surface area contributed by atoms with Gasteiger partial charge in [0, 0.05) is 5.56 Å². The molecule has 0 radical (unpaired) electrons. The number of ether oxygens (including phenoxy) is 1. The summed E-state index contributed by atoms with van der Waals surface area (Å²) < 4.78 is 5.42. The number of fused-ring (bicyclic) bond motifs is 1. The van der Waals surface area contributed by atoms with Crippen LogP contribution >= 0.6 is 0 Å². The van der Waals surface area contributed by atoms with E-state index in [9.17, 15) is 0 Å². The molecule has 0 saturated carbocycles. The second-order valence-corrected chi connectivity index (χ2v) is 2.69. The molecule has 58 valence electrons. The summed E-state index contributed by atoms with van der Waals surface area (Å²) in [5.41, 5.74) is 2.53. The number of allylic oxidation sites excluding steroid dienone is 1. The van der Waals surface area contributed by atoms with E-state index in [-0.39, 0.29) is 29.6 Å². The van der Waals surface area contributed by atoms with Crippen LogP contribution in [0.25, 0.3) is 5.57 Å². The molecule has 1 aromatic rings. The minimum absolute atomic E-state index is 0. The van der Waals surface area contributed by atoms with Crippen LogP contribution in [0.4, 0.5) is 0 Å². The van der Waals surface area contributed by atoms with Gasteiger partial charge in [-0.15, -0.1) is 0 Å². The Balaban J connectivity index is 0.000000720. The average Bonchev–Trinajstić information content (AvgIpc) is 2.06. The molecule has 1 aromatic carbocycles. The first-order chi connectivity index (χ1) is 5.38. The zero-order valence-corrected chi connectivity index (χ0v) is 6.50. The fourth-order valence-electron chi connectivity index (χ4n) is 1.28. The standard InChI is InChI=1S/C10H10O.Na.H/c1-8-6-7-11-10-5-3-2-4-9(8)10;;/h2-6H,7H2,1H3;;. The Kier molecular flexibility index (Phi) is 3.39. The van der Waals surface area contributed by atoms with Gasteiger partial charge in [0.1, 0.15) is 12.4 Å². The van der Waals surface area contributed by atoms with E-state index >= 15 is 0 Å². The van der Waals surface area contributed by atoms with Crippen molar-refractivity contribution in [2.75, 3.05) is 6.61 Å². The van der Waals surface area contributed by atoms with E-state index in [1.807, 2.05) is 18.2 Å². The van der Waals surface area contributed by atoms with Gasteiger partial charge >= 0.3 is 29.6 Å². The van der Waals surface area contributed by atoms with Crippen LogP contribution < -0.4 is 4.74 Å². The van der Waals surface area contributed by atoms with E-state index in [4.69, 9.17) is 4.74 Å². The third kappa shape index (κ3) is 1.74. The molecule has 0 bridgehead atoms. The van der Waals surface area contributed by atoms with Crippen molar-refractivity contribution in [3.8, 4) is 5.75 Å². The van der Waals surface area contributed by atoms with Crippen molar-refractivity contribution in [2.45, 2.75) is 6.92 Å². The van der Waals surface area contributed by atoms with Crippen LogP contribution in [0.3, 0.4) is 0 Å². The quantitative estimate of drug-likeness (QED) is 0.540. The Morgan fingerprint density at radius 2 is 2.00 bits per heavy atom. The summed E-state index contributed by atoms with van der Waals surface area (Å²) in [5, 5.41) is 0. The van der Waals surface area contributed by atoms with Crippen molar-refractivity contribution >= 4 is 35.1 Å². The third-order valence-electron chi connectivity index (χ3n) is 1.94. The fraction of sp³-hybridized carbons (Fsp3) is 0.200. The van der Waals surface area contributed by atoms with Gasteiger partial charge < -0.3 is 4.74 Å². The molecule has 12 heavy (non-hydrogen) atoms. The summed E-state index contributed by atoms with van der Waals surface area (Å²) in [4.78, 5) is 0. The molecule has 2 heteroatoms. The van der Waals surface area contributed by atoms with Gasteiger partial charge in [0.2, 0.25) is 0 Å². The first-order valence-electron chi connectivity index (χ1n) is 3.77. The second-order valence-electron chi connectivity index (χ2n) is 2.69. The molecule has 0 atom stereocenters. The number of hydrogen-bond donors (Lipinski definition) is 0. The SMILES string of the molecule is CC1=CCOc2ccccc21.[NaH]. The van der Waals surface area contributed by atoms with Gasteiger partial charge in [0.05, 0.1) is 0 Å². The van der Waals surface area contributed by atoms with E-state index in [2.05, 4.69) is 19.1 Å². The van der Waals surface area contributed by atoms with Crippen LogP contribution in [0.5, 0.6) is 5.75 Å². The van der Waals surface area contributed by atoms with Crippen molar-refractivity contribution < 1.29 is 4.74 Å². The summed E-state index contributed by atoms with van der Waals surface area (Å²) >= 11 is 0. The van der Waals surface area contributed by atoms with Crippen molar-refractivity contribution in [1.82, 2.24) is 0 Å². The topological polar surface area (TPSA) is 9.23 Å². The van der Waals surface area contributed by atoms with Gasteiger partial charge in [-0.2, -0.15) is 0 Å². The molecular weight excluding hydrogens is 159 g/mol. The van der Waals surface area contributed by atoms with E-state index in [1.54, 1.807) is 0 Å². The summed E-state index contributed by atoms with van der Waals surface area (Å²) in [5.74, 6) is 1.01. The zero-order chi connectivity index (χ0) is 7.68. The first-order valence-corrected chi connectivity index (χ1v) is 3.77. The maximum absolute atomic E-state index is 5.42. The molecule has 0 N–H and O–H groups in total. The van der Waals surface area contributed by atoms with Crippen molar-refractivity contribution in [1.29, 1.82) is 0 Å². The first kappa shape index (κ1) is 9.85. The number of para-hydroxylation sites is 1. The van der Waals surface area contributed by atoms with Gasteiger partial charge in [-0.05, 0) is 24.6 Å². The molecule has 1 aliphatic heterocycles. The van der Waals surface area contributed by atoms with Gasteiger partial charge in [-0.3, -0.25) is 0 Å². The second kappa shape index (κ2) is 4.13. The van der Waals surface area contributed by atoms with Crippen LogP contribution in [0, 0.1) is 0 Å². The average molecular weight is 170 g/mol. The summed E-state index contributed by atoms with van der Waals surface area (Å²) in [6.07, 6.45) is 2.10. The van der Waals surface area contributed by atoms with Crippen LogP contribution in [0.2, 0.25) is 0 Å². The van der Waals surface area contributed by atoms with E-state index in [0.29, 0.717) is 6.61 Å². The van der Waals surface area contributed by atoms with Crippen molar-refractivity contribution in [2.24, 2.45) is 0 Å². The van der Waals surface area contributed by atoms with Crippen molar-refractivity contribution in [3.05, 3.63) is 35.9 Å². The Bertz CT molecular complexity index is 304. The monoisotopic (exact) mass is 170 g/mol. The van der Waals surface area contributed by atoms with Gasteiger partial charge in [0.25, 0.3) is 0 Å². The Hall–Kier alpha value is -0.240. The minimum atomic E-state index is 0. The zero-order valence-electron chi connectivity index (χ0n) is 6.50. The summed E-state index contributed by atoms with van der Waals surface area (Å²) in [7, 11) is 0. The Morgan fingerprint density at radius 3 is 2.75 bits per heavy atom. The van der Waals surface area contributed by atoms with Gasteiger partial charge in [-0.25, -0.2) is 0 Å². The van der Waals surface area contributed by atoms with Gasteiger partial charge in [-0.1, -0.05) is 18.2 Å².